The topological polar surface area (TPSA) is 21.3 Å². The molecular weight excluding hydrogens is 290 g/mol. The first-order valence-electron chi connectivity index (χ1n) is 8.00. The molecule has 0 amide bonds. The lowest BCUT2D eigenvalue weighted by Crippen LogP contribution is -2.21. The summed E-state index contributed by atoms with van der Waals surface area (Å²) in [5.74, 6) is 2.90. The molecule has 2 aromatic carbocycles. The number of nitrogens with one attached hydrogen (secondary N) is 1. The van der Waals surface area contributed by atoms with E-state index in [1.165, 1.54) is 27.3 Å². The van der Waals surface area contributed by atoms with E-state index in [1.54, 1.807) is 0 Å². The minimum Gasteiger partial charge on any atom is -0.490 e. The summed E-state index contributed by atoms with van der Waals surface area (Å²) in [6.45, 7) is 4.12. The highest BCUT2D eigenvalue weighted by Crippen LogP contribution is 2.38. The second-order valence-corrected chi connectivity index (χ2v) is 7.31. The fourth-order valence-electron chi connectivity index (χ4n) is 3.37. The van der Waals surface area contributed by atoms with Gasteiger partial charge in [0.1, 0.15) is 11.9 Å². The number of fused-ring (bicyclic) bond motifs is 2. The molecule has 2 nitrogen and oxygen atoms in total. The van der Waals surface area contributed by atoms with Crippen molar-refractivity contribution in [1.29, 1.82) is 0 Å². The van der Waals surface area contributed by atoms with Crippen LogP contribution in [0.15, 0.2) is 47.4 Å². The normalized spacial score (nSPS) is 22.2. The minimum absolute atomic E-state index is 0.324. The van der Waals surface area contributed by atoms with Gasteiger partial charge in [0.15, 0.2) is 0 Å². The van der Waals surface area contributed by atoms with Crippen LogP contribution in [0.5, 0.6) is 5.75 Å². The van der Waals surface area contributed by atoms with Crippen LogP contribution in [0.4, 0.5) is 0 Å². The quantitative estimate of drug-likeness (QED) is 0.922. The molecule has 0 spiro atoms. The van der Waals surface area contributed by atoms with E-state index >= 15 is 0 Å². The Hall–Kier alpha value is -1.45. The van der Waals surface area contributed by atoms with E-state index in [2.05, 4.69) is 54.7 Å². The van der Waals surface area contributed by atoms with Gasteiger partial charge in [-0.15, -0.1) is 11.8 Å². The van der Waals surface area contributed by atoms with Crippen molar-refractivity contribution in [2.24, 2.45) is 0 Å². The average molecular weight is 311 g/mol. The molecule has 3 heteroatoms. The first-order valence-corrected chi connectivity index (χ1v) is 8.99. The third kappa shape index (κ3) is 2.75. The van der Waals surface area contributed by atoms with Crippen LogP contribution in [0, 0.1) is 0 Å². The van der Waals surface area contributed by atoms with Gasteiger partial charge in [-0.1, -0.05) is 30.3 Å². The predicted octanol–water partition coefficient (Wildman–Crippen LogP) is 3.99. The summed E-state index contributed by atoms with van der Waals surface area (Å²) in [4.78, 5) is 1.46. The Labute approximate surface area is 136 Å². The Morgan fingerprint density at radius 3 is 3.09 bits per heavy atom. The van der Waals surface area contributed by atoms with Gasteiger partial charge < -0.3 is 10.1 Å². The maximum Gasteiger partial charge on any atom is 0.123 e. The maximum atomic E-state index is 5.76. The molecule has 1 N–H and O–H groups in total. The number of thioether (sulfide) groups is 1. The van der Waals surface area contributed by atoms with Gasteiger partial charge in [-0.05, 0) is 35.7 Å². The molecule has 114 valence electrons. The molecule has 2 aromatic rings. The highest BCUT2D eigenvalue weighted by molar-refractivity contribution is 7.99. The van der Waals surface area contributed by atoms with Crippen LogP contribution in [-0.4, -0.2) is 18.4 Å². The summed E-state index contributed by atoms with van der Waals surface area (Å²) in [5, 5.41) is 3.63. The Morgan fingerprint density at radius 2 is 2.14 bits per heavy atom. The molecule has 2 heterocycles. The number of benzene rings is 2. The number of rotatable bonds is 4. The highest BCUT2D eigenvalue weighted by atomic mass is 32.2. The average Bonchev–Trinajstić information content (AvgIpc) is 3.10. The van der Waals surface area contributed by atoms with Crippen molar-refractivity contribution >= 4 is 11.8 Å². The summed E-state index contributed by atoms with van der Waals surface area (Å²) in [6, 6.07) is 15.4. The molecule has 2 aliphatic heterocycles. The zero-order valence-electron chi connectivity index (χ0n) is 12.8. The third-order valence-electron chi connectivity index (χ3n) is 4.48. The SMILES string of the molecule is CC1Cc2cc(CNCC3CSc4ccccc43)ccc2O1. The van der Waals surface area contributed by atoms with Crippen molar-refractivity contribution in [1.82, 2.24) is 5.32 Å². The van der Waals surface area contributed by atoms with Crippen molar-refractivity contribution < 1.29 is 4.74 Å². The van der Waals surface area contributed by atoms with Crippen molar-refractivity contribution in [3.8, 4) is 5.75 Å². The Bertz CT molecular complexity index is 685. The van der Waals surface area contributed by atoms with E-state index < -0.39 is 0 Å². The smallest absolute Gasteiger partial charge is 0.123 e. The molecule has 0 fully saturated rings. The lowest BCUT2D eigenvalue weighted by Gasteiger charge is -2.12. The molecule has 0 aromatic heterocycles. The molecule has 2 aliphatic rings. The number of hydrogen-bond acceptors (Lipinski definition) is 3. The van der Waals surface area contributed by atoms with Crippen molar-refractivity contribution in [3.63, 3.8) is 0 Å². The Morgan fingerprint density at radius 1 is 1.23 bits per heavy atom. The van der Waals surface area contributed by atoms with Gasteiger partial charge in [0.2, 0.25) is 0 Å². The Kier molecular flexibility index (Phi) is 3.85. The van der Waals surface area contributed by atoms with Crippen LogP contribution in [-0.2, 0) is 13.0 Å². The predicted molar refractivity (Wildman–Crippen MR) is 91.8 cm³/mol. The van der Waals surface area contributed by atoms with Gasteiger partial charge in [-0.2, -0.15) is 0 Å². The molecule has 0 aliphatic carbocycles. The van der Waals surface area contributed by atoms with Gasteiger partial charge in [0, 0.05) is 36.1 Å². The monoisotopic (exact) mass is 311 g/mol. The van der Waals surface area contributed by atoms with E-state index in [0.717, 1.165) is 25.3 Å². The largest absolute Gasteiger partial charge is 0.490 e. The fourth-order valence-corrected chi connectivity index (χ4v) is 4.63. The van der Waals surface area contributed by atoms with Crippen molar-refractivity contribution in [2.75, 3.05) is 12.3 Å². The summed E-state index contributed by atoms with van der Waals surface area (Å²) >= 11 is 1.98. The van der Waals surface area contributed by atoms with Gasteiger partial charge in [-0.3, -0.25) is 0 Å². The standard InChI is InChI=1S/C19H21NOS/c1-13-8-15-9-14(6-7-18(15)21-13)10-20-11-16-12-22-19-5-3-2-4-17(16)19/h2-7,9,13,16,20H,8,10-12H2,1H3. The molecular formula is C19H21NOS. The van der Waals surface area contributed by atoms with Crippen LogP contribution in [0.25, 0.3) is 0 Å². The van der Waals surface area contributed by atoms with Gasteiger partial charge in [-0.25, -0.2) is 0 Å². The number of hydrogen-bond donors (Lipinski definition) is 1. The minimum atomic E-state index is 0.324. The van der Waals surface area contributed by atoms with E-state index in [4.69, 9.17) is 4.74 Å². The van der Waals surface area contributed by atoms with E-state index in [1.807, 2.05) is 11.8 Å². The maximum absolute atomic E-state index is 5.76. The van der Waals surface area contributed by atoms with Crippen LogP contribution in [0.1, 0.15) is 29.5 Å². The van der Waals surface area contributed by atoms with Crippen LogP contribution in [0.3, 0.4) is 0 Å². The van der Waals surface area contributed by atoms with E-state index in [9.17, 15) is 0 Å². The van der Waals surface area contributed by atoms with Gasteiger partial charge >= 0.3 is 0 Å². The number of ether oxygens (including phenoxy) is 1. The van der Waals surface area contributed by atoms with Crippen LogP contribution in [0.2, 0.25) is 0 Å². The molecule has 0 bridgehead atoms. The lowest BCUT2D eigenvalue weighted by atomic mass is 10.0. The van der Waals surface area contributed by atoms with Crippen LogP contribution < -0.4 is 10.1 Å². The molecule has 2 unspecified atom stereocenters. The summed E-state index contributed by atoms with van der Waals surface area (Å²) in [5.41, 5.74) is 4.22. The summed E-state index contributed by atoms with van der Waals surface area (Å²) in [7, 11) is 0. The van der Waals surface area contributed by atoms with Crippen LogP contribution >= 0.6 is 11.8 Å². The highest BCUT2D eigenvalue weighted by Gasteiger charge is 2.22. The second kappa shape index (κ2) is 5.98. The molecule has 0 radical (unpaired) electrons. The van der Waals surface area contributed by atoms with E-state index in [-0.39, 0.29) is 0 Å². The molecule has 22 heavy (non-hydrogen) atoms. The lowest BCUT2D eigenvalue weighted by molar-refractivity contribution is 0.254. The molecule has 2 atom stereocenters. The summed E-state index contributed by atoms with van der Waals surface area (Å²) < 4.78 is 5.76. The first-order chi connectivity index (χ1) is 10.8. The second-order valence-electron chi connectivity index (χ2n) is 6.25. The van der Waals surface area contributed by atoms with Gasteiger partial charge in [0.25, 0.3) is 0 Å². The zero-order chi connectivity index (χ0) is 14.9. The Balaban J connectivity index is 1.36. The van der Waals surface area contributed by atoms with Crippen molar-refractivity contribution in [3.05, 3.63) is 59.2 Å². The third-order valence-corrected chi connectivity index (χ3v) is 5.73. The van der Waals surface area contributed by atoms with E-state index in [0.29, 0.717) is 12.0 Å². The molecule has 0 saturated heterocycles. The van der Waals surface area contributed by atoms with Crippen molar-refractivity contribution in [2.45, 2.75) is 36.8 Å². The zero-order valence-corrected chi connectivity index (χ0v) is 13.7. The summed E-state index contributed by atoms with van der Waals surface area (Å²) in [6.07, 6.45) is 1.36. The first kappa shape index (κ1) is 14.2. The van der Waals surface area contributed by atoms with Gasteiger partial charge in [0.05, 0.1) is 0 Å². The fraction of sp³-hybridized carbons (Fsp3) is 0.368. The molecule has 4 rings (SSSR count). The molecule has 0 saturated carbocycles.